The fourth-order valence-electron chi connectivity index (χ4n) is 4.30. The number of hydrogen-bond donors (Lipinski definition) is 0. The zero-order valence-electron chi connectivity index (χ0n) is 22.1. The van der Waals surface area contributed by atoms with E-state index in [4.69, 9.17) is 23.4 Å². The van der Waals surface area contributed by atoms with E-state index in [1.54, 1.807) is 0 Å². The number of rotatable bonds is 4. The molecule has 1 heterocycles. The first-order valence-electron chi connectivity index (χ1n) is 12.4. The fourth-order valence-corrected chi connectivity index (χ4v) is 4.30. The molecule has 7 heteroatoms. The first-order chi connectivity index (χ1) is 19.2. The summed E-state index contributed by atoms with van der Waals surface area (Å²) >= 11 is 0. The van der Waals surface area contributed by atoms with Gasteiger partial charge in [-0.05, 0) is 46.6 Å². The van der Waals surface area contributed by atoms with Crippen molar-refractivity contribution in [3.8, 4) is 0 Å². The Morgan fingerprint density at radius 1 is 0.700 bits per heavy atom. The van der Waals surface area contributed by atoms with Crippen molar-refractivity contribution >= 4 is 22.6 Å². The maximum absolute atomic E-state index is 8.49. The van der Waals surface area contributed by atoms with Crippen LogP contribution in [-0.2, 0) is 4.74 Å². The van der Waals surface area contributed by atoms with Crippen LogP contribution in [0.2, 0.25) is 0 Å². The van der Waals surface area contributed by atoms with Gasteiger partial charge in [0.25, 0.3) is 0 Å². The summed E-state index contributed by atoms with van der Waals surface area (Å²) in [5.41, 5.74) is 7.90. The highest BCUT2D eigenvalue weighted by Gasteiger charge is 2.20. The normalized spacial score (nSPS) is 16.9. The number of allylic oxidation sites excluding steroid dienone is 10. The van der Waals surface area contributed by atoms with Crippen LogP contribution in [0.3, 0.4) is 0 Å². The zero-order valence-corrected chi connectivity index (χ0v) is 22.8. The average Bonchev–Trinajstić information content (AvgIpc) is 2.96. The maximum Gasteiger partial charge on any atom is 0.207 e. The van der Waals surface area contributed by atoms with E-state index in [2.05, 4.69) is 122 Å². The lowest BCUT2D eigenvalue weighted by Crippen LogP contribution is -2.68. The van der Waals surface area contributed by atoms with Gasteiger partial charge in [0, 0.05) is 11.6 Å². The molecule has 1 aliphatic carbocycles. The van der Waals surface area contributed by atoms with Crippen molar-refractivity contribution in [1.29, 1.82) is 0 Å². The zero-order chi connectivity index (χ0) is 28.5. The number of nitrogens with zero attached hydrogens (tertiary/aromatic N) is 1. The molecule has 0 N–H and O–H groups in total. The molecule has 3 aromatic carbocycles. The predicted octanol–water partition coefficient (Wildman–Crippen LogP) is 2.56. The van der Waals surface area contributed by atoms with Crippen LogP contribution in [0.4, 0.5) is 0 Å². The first-order valence-corrected chi connectivity index (χ1v) is 13.7. The molecule has 202 valence electrons. The van der Waals surface area contributed by atoms with Gasteiger partial charge < -0.3 is 4.74 Å². The van der Waals surface area contributed by atoms with Crippen molar-refractivity contribution in [1.82, 2.24) is 0 Å². The molecule has 0 fully saturated rings. The summed E-state index contributed by atoms with van der Waals surface area (Å²) in [5, 5.41) is 0. The lowest BCUT2D eigenvalue weighted by atomic mass is 9.92. The quantitative estimate of drug-likeness (QED) is 0.462. The van der Waals surface area contributed by atoms with Gasteiger partial charge in [-0.15, -0.1) is 10.2 Å². The van der Waals surface area contributed by atoms with E-state index in [9.17, 15) is 0 Å². The molecule has 0 aromatic heterocycles. The standard InChI is InChI=1S/C33H28NO.ClHO4/c1-34(2)32-21-13-12-20-30(32)31(26-16-8-4-9-17-26)24-29-22-28(25-14-6-3-7-15-25)23-33(35-29)27-18-10-5-11-19-27;2-1(3,4)5/h3-24H,1-2H3;(H,2,3,4,5)/q+1;/p-1. The van der Waals surface area contributed by atoms with E-state index < -0.39 is 10.2 Å². The van der Waals surface area contributed by atoms with Gasteiger partial charge in [-0.25, -0.2) is 23.2 Å². The number of ether oxygens (including phenoxy) is 1. The number of halogens is 1. The van der Waals surface area contributed by atoms with Gasteiger partial charge in [0.1, 0.15) is 25.6 Å². The minimum absolute atomic E-state index is 0.803. The van der Waals surface area contributed by atoms with Gasteiger partial charge in [0.05, 0.1) is 5.57 Å². The Bertz CT molecular complexity index is 1530. The second kappa shape index (κ2) is 13.2. The van der Waals surface area contributed by atoms with Gasteiger partial charge in [0.2, 0.25) is 5.71 Å². The van der Waals surface area contributed by atoms with Crippen LogP contribution in [0.1, 0.15) is 16.7 Å². The van der Waals surface area contributed by atoms with Crippen molar-refractivity contribution in [2.24, 2.45) is 0 Å². The molecule has 0 spiro atoms. The smallest absolute Gasteiger partial charge is 0.207 e. The average molecular weight is 554 g/mol. The van der Waals surface area contributed by atoms with E-state index in [1.165, 1.54) is 0 Å². The second-order valence-electron chi connectivity index (χ2n) is 9.06. The van der Waals surface area contributed by atoms with Gasteiger partial charge in [0.15, 0.2) is 0 Å². The van der Waals surface area contributed by atoms with E-state index in [0.29, 0.717) is 0 Å². The molecule has 40 heavy (non-hydrogen) atoms. The van der Waals surface area contributed by atoms with Gasteiger partial charge >= 0.3 is 0 Å². The molecule has 2 aliphatic rings. The maximum atomic E-state index is 8.49. The SMILES string of the molecule is C[N+](C)=C1C=CC=CC1=C(C=C1C=C(c2ccccc2)C=C(c2ccccc2)O1)c1ccccc1.[O-][Cl+3]([O-])([O-])[O-]. The number of benzene rings is 3. The first kappa shape index (κ1) is 28.7. The van der Waals surface area contributed by atoms with Crippen LogP contribution >= 0.6 is 0 Å². The largest absolute Gasteiger partial charge is 0.457 e. The van der Waals surface area contributed by atoms with E-state index in [-0.39, 0.29) is 0 Å². The van der Waals surface area contributed by atoms with E-state index in [1.807, 2.05) is 30.3 Å². The van der Waals surface area contributed by atoms with Crippen LogP contribution in [-0.4, -0.2) is 24.4 Å². The van der Waals surface area contributed by atoms with Crippen molar-refractivity contribution in [2.75, 3.05) is 14.1 Å². The Morgan fingerprint density at radius 2 is 1.23 bits per heavy atom. The van der Waals surface area contributed by atoms with Gasteiger partial charge in [-0.1, -0.05) is 103 Å². The van der Waals surface area contributed by atoms with Crippen molar-refractivity contribution in [3.63, 3.8) is 0 Å². The topological polar surface area (TPSA) is 104 Å². The molecule has 6 nitrogen and oxygen atoms in total. The monoisotopic (exact) mass is 553 g/mol. The van der Waals surface area contributed by atoms with Gasteiger partial charge in [-0.2, -0.15) is 0 Å². The molecule has 1 aliphatic heterocycles. The van der Waals surface area contributed by atoms with Crippen LogP contribution in [0.25, 0.3) is 16.9 Å². The molecule has 0 saturated carbocycles. The molecule has 0 amide bonds. The summed E-state index contributed by atoms with van der Waals surface area (Å²) in [4.78, 5) is 0. The molecular weight excluding hydrogens is 526 g/mol. The van der Waals surface area contributed by atoms with Crippen LogP contribution in [0, 0.1) is 10.2 Å². The lowest BCUT2D eigenvalue weighted by Gasteiger charge is -2.20. The molecular formula is C33H28ClNO5. The Labute approximate surface area is 236 Å². The molecule has 0 bridgehead atoms. The Morgan fingerprint density at radius 3 is 1.80 bits per heavy atom. The Kier molecular flexibility index (Phi) is 9.45. The Balaban J connectivity index is 0.000000681. The molecule has 5 rings (SSSR count). The summed E-state index contributed by atoms with van der Waals surface area (Å²) in [7, 11) is -0.787. The van der Waals surface area contributed by atoms with Crippen LogP contribution in [0.5, 0.6) is 0 Å². The molecule has 3 aromatic rings. The highest BCUT2D eigenvalue weighted by molar-refractivity contribution is 6.14. The van der Waals surface area contributed by atoms with E-state index >= 15 is 0 Å². The third-order valence-electron chi connectivity index (χ3n) is 6.03. The third kappa shape index (κ3) is 8.10. The highest BCUT2D eigenvalue weighted by Crippen LogP contribution is 2.34. The minimum atomic E-state index is -4.94. The van der Waals surface area contributed by atoms with Crippen molar-refractivity contribution in [2.45, 2.75) is 0 Å². The number of hydrogen-bond acceptors (Lipinski definition) is 5. The summed E-state index contributed by atoms with van der Waals surface area (Å²) in [6.45, 7) is 0. The molecule has 0 unspecified atom stereocenters. The third-order valence-corrected chi connectivity index (χ3v) is 6.03. The van der Waals surface area contributed by atoms with Crippen LogP contribution in [0.15, 0.2) is 145 Å². The Hall–Kier alpha value is -4.30. The summed E-state index contributed by atoms with van der Waals surface area (Å²) < 4.78 is 42.6. The molecule has 0 atom stereocenters. The minimum Gasteiger partial charge on any atom is -0.457 e. The second-order valence-corrected chi connectivity index (χ2v) is 9.81. The fraction of sp³-hybridized carbons (Fsp3) is 0.0606. The van der Waals surface area contributed by atoms with Crippen molar-refractivity contribution < 1.29 is 38.2 Å². The molecule has 0 saturated heterocycles. The molecule has 0 radical (unpaired) electrons. The van der Waals surface area contributed by atoms with Crippen molar-refractivity contribution in [3.05, 3.63) is 162 Å². The predicted molar refractivity (Wildman–Crippen MR) is 147 cm³/mol. The lowest BCUT2D eigenvalue weighted by molar-refractivity contribution is -2.00. The summed E-state index contributed by atoms with van der Waals surface area (Å²) in [6.07, 6.45) is 14.9. The highest BCUT2D eigenvalue weighted by atomic mass is 35.7. The van der Waals surface area contributed by atoms with E-state index in [0.717, 1.165) is 50.6 Å². The van der Waals surface area contributed by atoms with Gasteiger partial charge in [-0.3, -0.25) is 0 Å². The van der Waals surface area contributed by atoms with Crippen LogP contribution < -0.4 is 18.6 Å². The summed E-state index contributed by atoms with van der Waals surface area (Å²) in [5.74, 6) is 1.64. The summed E-state index contributed by atoms with van der Waals surface area (Å²) in [6, 6.07) is 31.2.